The highest BCUT2D eigenvalue weighted by molar-refractivity contribution is 5.66. The fourth-order valence-corrected chi connectivity index (χ4v) is 2.07. The van der Waals surface area contributed by atoms with Gasteiger partial charge in [-0.3, -0.25) is 9.69 Å². The monoisotopic (exact) mass is 215 g/mol. The Kier molecular flexibility index (Phi) is 5.05. The van der Waals surface area contributed by atoms with E-state index in [4.69, 9.17) is 9.84 Å². The molecule has 1 aliphatic rings. The number of likely N-dealkylation sites (tertiary alicyclic amines) is 1. The summed E-state index contributed by atoms with van der Waals surface area (Å²) in [6.45, 7) is 4.11. The zero-order valence-electron chi connectivity index (χ0n) is 9.61. The third-order valence-electron chi connectivity index (χ3n) is 3.14. The van der Waals surface area contributed by atoms with Crippen molar-refractivity contribution in [2.24, 2.45) is 0 Å². The van der Waals surface area contributed by atoms with Crippen LogP contribution in [-0.2, 0) is 9.53 Å². The summed E-state index contributed by atoms with van der Waals surface area (Å²) >= 11 is 0. The second kappa shape index (κ2) is 6.08. The standard InChI is InChI=1S/C11H21NO3/c1-9(5-6-11(13)14)12-7-3-4-10(8-12)15-2/h9-10H,3-8H2,1-2H3,(H,13,14). The number of hydrogen-bond acceptors (Lipinski definition) is 3. The van der Waals surface area contributed by atoms with E-state index in [1.54, 1.807) is 7.11 Å². The van der Waals surface area contributed by atoms with Gasteiger partial charge in [-0.2, -0.15) is 0 Å². The van der Waals surface area contributed by atoms with E-state index in [-0.39, 0.29) is 6.42 Å². The van der Waals surface area contributed by atoms with Gasteiger partial charge in [0.25, 0.3) is 0 Å². The Balaban J connectivity index is 2.31. The van der Waals surface area contributed by atoms with Crippen molar-refractivity contribution >= 4 is 5.97 Å². The second-order valence-corrected chi connectivity index (χ2v) is 4.28. The number of carboxylic acid groups (broad SMARTS) is 1. The maximum absolute atomic E-state index is 10.5. The molecule has 4 nitrogen and oxygen atoms in total. The zero-order chi connectivity index (χ0) is 11.3. The normalized spacial score (nSPS) is 25.1. The largest absolute Gasteiger partial charge is 0.481 e. The van der Waals surface area contributed by atoms with Gasteiger partial charge in [0.05, 0.1) is 6.10 Å². The van der Waals surface area contributed by atoms with Crippen LogP contribution < -0.4 is 0 Å². The molecule has 1 fully saturated rings. The third-order valence-corrected chi connectivity index (χ3v) is 3.14. The van der Waals surface area contributed by atoms with E-state index >= 15 is 0 Å². The zero-order valence-corrected chi connectivity index (χ0v) is 9.61. The molecule has 0 saturated carbocycles. The number of methoxy groups -OCH3 is 1. The maximum atomic E-state index is 10.5. The molecule has 1 saturated heterocycles. The molecule has 1 heterocycles. The molecule has 88 valence electrons. The minimum absolute atomic E-state index is 0.259. The Bertz CT molecular complexity index is 208. The van der Waals surface area contributed by atoms with E-state index in [2.05, 4.69) is 11.8 Å². The van der Waals surface area contributed by atoms with Gasteiger partial charge in [-0.25, -0.2) is 0 Å². The molecule has 15 heavy (non-hydrogen) atoms. The minimum Gasteiger partial charge on any atom is -0.481 e. The molecular formula is C11H21NO3. The van der Waals surface area contributed by atoms with E-state index < -0.39 is 5.97 Å². The van der Waals surface area contributed by atoms with Gasteiger partial charge in [-0.05, 0) is 32.7 Å². The molecule has 0 aromatic carbocycles. The van der Waals surface area contributed by atoms with Crippen molar-refractivity contribution in [3.63, 3.8) is 0 Å². The Morgan fingerprint density at radius 2 is 2.40 bits per heavy atom. The van der Waals surface area contributed by atoms with E-state index in [0.717, 1.165) is 32.4 Å². The number of piperidine rings is 1. The Morgan fingerprint density at radius 3 is 3.00 bits per heavy atom. The topological polar surface area (TPSA) is 49.8 Å². The number of aliphatic carboxylic acids is 1. The van der Waals surface area contributed by atoms with Gasteiger partial charge in [0.1, 0.15) is 0 Å². The second-order valence-electron chi connectivity index (χ2n) is 4.28. The Hall–Kier alpha value is -0.610. The highest BCUT2D eigenvalue weighted by atomic mass is 16.5. The predicted octanol–water partition coefficient (Wildman–Crippen LogP) is 1.35. The summed E-state index contributed by atoms with van der Waals surface area (Å²) in [6, 6.07) is 0.346. The third kappa shape index (κ3) is 4.18. The number of hydrogen-bond donors (Lipinski definition) is 1. The minimum atomic E-state index is -0.706. The molecule has 1 aliphatic heterocycles. The van der Waals surface area contributed by atoms with Crippen LogP contribution >= 0.6 is 0 Å². The number of carbonyl (C=O) groups is 1. The molecule has 1 rings (SSSR count). The average molecular weight is 215 g/mol. The summed E-state index contributed by atoms with van der Waals surface area (Å²) in [6.07, 6.45) is 3.58. The van der Waals surface area contributed by atoms with Gasteiger partial charge in [0, 0.05) is 26.1 Å². The van der Waals surface area contributed by atoms with Crippen LogP contribution in [0.2, 0.25) is 0 Å². The molecule has 0 radical (unpaired) electrons. The number of carboxylic acids is 1. The summed E-state index contributed by atoms with van der Waals surface area (Å²) in [5.74, 6) is -0.706. The lowest BCUT2D eigenvalue weighted by molar-refractivity contribution is -0.137. The first-order chi connectivity index (χ1) is 7.13. The van der Waals surface area contributed by atoms with Crippen LogP contribution in [0, 0.1) is 0 Å². The summed E-state index contributed by atoms with van der Waals surface area (Å²) in [4.78, 5) is 12.8. The van der Waals surface area contributed by atoms with E-state index in [1.807, 2.05) is 0 Å². The fourth-order valence-electron chi connectivity index (χ4n) is 2.07. The SMILES string of the molecule is COC1CCCN(C(C)CCC(=O)O)C1. The van der Waals surface area contributed by atoms with Crippen molar-refractivity contribution in [3.05, 3.63) is 0 Å². The smallest absolute Gasteiger partial charge is 0.303 e. The highest BCUT2D eigenvalue weighted by Crippen LogP contribution is 2.17. The summed E-state index contributed by atoms with van der Waals surface area (Å²) in [7, 11) is 1.75. The molecule has 4 heteroatoms. The van der Waals surface area contributed by atoms with Gasteiger partial charge in [-0.1, -0.05) is 0 Å². The first-order valence-electron chi connectivity index (χ1n) is 5.62. The molecule has 2 unspecified atom stereocenters. The van der Waals surface area contributed by atoms with Gasteiger partial charge in [-0.15, -0.1) is 0 Å². The molecule has 0 aromatic heterocycles. The molecule has 0 aromatic rings. The van der Waals surface area contributed by atoms with Crippen LogP contribution in [0.5, 0.6) is 0 Å². The van der Waals surface area contributed by atoms with Crippen LogP contribution in [0.25, 0.3) is 0 Å². The quantitative estimate of drug-likeness (QED) is 0.752. The molecule has 0 bridgehead atoms. The summed E-state index contributed by atoms with van der Waals surface area (Å²) in [5.41, 5.74) is 0. The molecule has 0 aliphatic carbocycles. The number of nitrogens with zero attached hydrogens (tertiary/aromatic N) is 1. The van der Waals surface area contributed by atoms with Gasteiger partial charge < -0.3 is 9.84 Å². The fraction of sp³-hybridized carbons (Fsp3) is 0.909. The van der Waals surface area contributed by atoms with E-state index in [1.165, 1.54) is 0 Å². The van der Waals surface area contributed by atoms with Crippen molar-refractivity contribution in [3.8, 4) is 0 Å². The van der Waals surface area contributed by atoms with Crippen LogP contribution in [-0.4, -0.2) is 48.3 Å². The van der Waals surface area contributed by atoms with Crippen molar-refractivity contribution in [1.82, 2.24) is 4.90 Å². The van der Waals surface area contributed by atoms with Crippen LogP contribution in [0.15, 0.2) is 0 Å². The van der Waals surface area contributed by atoms with Crippen LogP contribution in [0.1, 0.15) is 32.6 Å². The van der Waals surface area contributed by atoms with Crippen LogP contribution in [0.4, 0.5) is 0 Å². The Labute approximate surface area is 91.2 Å². The van der Waals surface area contributed by atoms with Crippen molar-refractivity contribution < 1.29 is 14.6 Å². The lowest BCUT2D eigenvalue weighted by atomic mass is 10.0. The molecule has 1 N–H and O–H groups in total. The van der Waals surface area contributed by atoms with Gasteiger partial charge in [0.15, 0.2) is 0 Å². The lowest BCUT2D eigenvalue weighted by Gasteiger charge is -2.36. The summed E-state index contributed by atoms with van der Waals surface area (Å²) in [5, 5.41) is 8.62. The van der Waals surface area contributed by atoms with Crippen molar-refractivity contribution in [2.75, 3.05) is 20.2 Å². The number of ether oxygens (including phenoxy) is 1. The van der Waals surface area contributed by atoms with E-state index in [0.29, 0.717) is 12.1 Å². The number of rotatable bonds is 5. The highest BCUT2D eigenvalue weighted by Gasteiger charge is 2.23. The molecule has 2 atom stereocenters. The molecule has 0 amide bonds. The van der Waals surface area contributed by atoms with Gasteiger partial charge in [0.2, 0.25) is 0 Å². The summed E-state index contributed by atoms with van der Waals surface area (Å²) < 4.78 is 5.34. The van der Waals surface area contributed by atoms with Gasteiger partial charge >= 0.3 is 5.97 Å². The maximum Gasteiger partial charge on any atom is 0.303 e. The molecule has 0 spiro atoms. The predicted molar refractivity (Wildman–Crippen MR) is 57.9 cm³/mol. The lowest BCUT2D eigenvalue weighted by Crippen LogP contribution is -2.44. The first kappa shape index (κ1) is 12.5. The van der Waals surface area contributed by atoms with E-state index in [9.17, 15) is 4.79 Å². The average Bonchev–Trinajstić information content (AvgIpc) is 2.26. The molecular weight excluding hydrogens is 194 g/mol. The van der Waals surface area contributed by atoms with Crippen LogP contribution in [0.3, 0.4) is 0 Å². The first-order valence-corrected chi connectivity index (χ1v) is 5.62. The van der Waals surface area contributed by atoms with Crippen molar-refractivity contribution in [1.29, 1.82) is 0 Å². The van der Waals surface area contributed by atoms with Crippen molar-refractivity contribution in [2.45, 2.75) is 44.8 Å². The Morgan fingerprint density at radius 1 is 1.67 bits per heavy atom.